The monoisotopic (exact) mass is 303 g/mol. The van der Waals surface area contributed by atoms with Crippen LogP contribution in [0.3, 0.4) is 0 Å². The van der Waals surface area contributed by atoms with Crippen molar-refractivity contribution in [1.82, 2.24) is 14.9 Å². The van der Waals surface area contributed by atoms with Crippen molar-refractivity contribution >= 4 is 23.7 Å². The first-order chi connectivity index (χ1) is 10.2. The zero-order valence-electron chi connectivity index (χ0n) is 12.9. The van der Waals surface area contributed by atoms with Gasteiger partial charge in [0, 0.05) is 18.8 Å². The Hall–Kier alpha value is -1.82. The van der Waals surface area contributed by atoms with Gasteiger partial charge >= 0.3 is 0 Å². The van der Waals surface area contributed by atoms with E-state index in [0.717, 1.165) is 29.6 Å². The van der Waals surface area contributed by atoms with Crippen molar-refractivity contribution in [1.29, 1.82) is 0 Å². The number of aryl methyl sites for hydroxylation is 1. The van der Waals surface area contributed by atoms with Crippen LogP contribution < -0.4 is 4.90 Å². The van der Waals surface area contributed by atoms with Crippen molar-refractivity contribution in [2.45, 2.75) is 25.9 Å². The van der Waals surface area contributed by atoms with Crippen molar-refractivity contribution < 1.29 is 0 Å². The van der Waals surface area contributed by atoms with Crippen LogP contribution in [0.1, 0.15) is 25.2 Å². The number of nitrogens with zero attached hydrogens (tertiary/aromatic N) is 5. The third-order valence-electron chi connectivity index (χ3n) is 3.29. The SMILES string of the molecule is CCN(CC)c1ccc(/C=N\n2c(C)nnc2SC)cc1. The van der Waals surface area contributed by atoms with Gasteiger partial charge in [-0.15, -0.1) is 10.2 Å². The summed E-state index contributed by atoms with van der Waals surface area (Å²) in [7, 11) is 0. The Morgan fingerprint density at radius 2 is 1.86 bits per heavy atom. The highest BCUT2D eigenvalue weighted by Crippen LogP contribution is 2.15. The van der Waals surface area contributed by atoms with Gasteiger partial charge in [0.1, 0.15) is 0 Å². The van der Waals surface area contributed by atoms with E-state index in [1.807, 2.05) is 19.4 Å². The first-order valence-electron chi connectivity index (χ1n) is 7.05. The molecule has 0 bridgehead atoms. The van der Waals surface area contributed by atoms with E-state index in [4.69, 9.17) is 0 Å². The molecule has 1 heterocycles. The van der Waals surface area contributed by atoms with Crippen LogP contribution in [-0.2, 0) is 0 Å². The zero-order chi connectivity index (χ0) is 15.2. The average molecular weight is 303 g/mol. The Kier molecular flexibility index (Phi) is 5.38. The maximum absolute atomic E-state index is 4.45. The fourth-order valence-electron chi connectivity index (χ4n) is 2.08. The van der Waals surface area contributed by atoms with Crippen LogP contribution in [0.25, 0.3) is 0 Å². The van der Waals surface area contributed by atoms with Crippen LogP contribution in [0.15, 0.2) is 34.5 Å². The highest BCUT2D eigenvalue weighted by molar-refractivity contribution is 7.98. The summed E-state index contributed by atoms with van der Waals surface area (Å²) in [5, 5.41) is 13.3. The summed E-state index contributed by atoms with van der Waals surface area (Å²) in [6, 6.07) is 8.41. The summed E-state index contributed by atoms with van der Waals surface area (Å²) >= 11 is 1.53. The Bertz CT molecular complexity index is 599. The molecule has 0 unspecified atom stereocenters. The van der Waals surface area contributed by atoms with E-state index >= 15 is 0 Å². The number of hydrogen-bond acceptors (Lipinski definition) is 5. The van der Waals surface area contributed by atoms with Crippen molar-refractivity contribution in [3.63, 3.8) is 0 Å². The molecule has 0 atom stereocenters. The van der Waals surface area contributed by atoms with E-state index in [1.165, 1.54) is 17.4 Å². The molecular weight excluding hydrogens is 282 g/mol. The molecule has 1 aromatic heterocycles. The molecule has 0 spiro atoms. The second kappa shape index (κ2) is 7.26. The largest absolute Gasteiger partial charge is 0.372 e. The van der Waals surface area contributed by atoms with Crippen LogP contribution in [0.2, 0.25) is 0 Å². The molecule has 0 N–H and O–H groups in total. The molecule has 21 heavy (non-hydrogen) atoms. The minimum absolute atomic E-state index is 0.787. The van der Waals surface area contributed by atoms with Crippen LogP contribution in [-0.4, -0.2) is 40.4 Å². The predicted molar refractivity (Wildman–Crippen MR) is 89.5 cm³/mol. The second-order valence-corrected chi connectivity index (χ2v) is 5.33. The van der Waals surface area contributed by atoms with Crippen LogP contribution in [0.5, 0.6) is 0 Å². The molecule has 0 aliphatic heterocycles. The molecule has 2 rings (SSSR count). The Morgan fingerprint density at radius 1 is 1.19 bits per heavy atom. The number of hydrogen-bond donors (Lipinski definition) is 0. The first-order valence-corrected chi connectivity index (χ1v) is 8.27. The maximum atomic E-state index is 4.45. The molecular formula is C15H21N5S. The molecule has 2 aromatic rings. The van der Waals surface area contributed by atoms with Crippen LogP contribution in [0.4, 0.5) is 5.69 Å². The van der Waals surface area contributed by atoms with E-state index in [-0.39, 0.29) is 0 Å². The lowest BCUT2D eigenvalue weighted by Gasteiger charge is -2.20. The predicted octanol–water partition coefficient (Wildman–Crippen LogP) is 3.04. The lowest BCUT2D eigenvalue weighted by molar-refractivity contribution is 0.745. The van der Waals surface area contributed by atoms with E-state index in [0.29, 0.717) is 0 Å². The Balaban J connectivity index is 2.16. The summed E-state index contributed by atoms with van der Waals surface area (Å²) in [6.45, 7) is 8.25. The normalized spacial score (nSPS) is 11.2. The topological polar surface area (TPSA) is 46.3 Å². The highest BCUT2D eigenvalue weighted by atomic mass is 32.2. The third-order valence-corrected chi connectivity index (χ3v) is 3.91. The number of anilines is 1. The van der Waals surface area contributed by atoms with E-state index < -0.39 is 0 Å². The minimum atomic E-state index is 0.787. The van der Waals surface area contributed by atoms with Gasteiger partial charge in [0.25, 0.3) is 0 Å². The number of thioether (sulfide) groups is 1. The highest BCUT2D eigenvalue weighted by Gasteiger charge is 2.05. The number of benzene rings is 1. The van der Waals surface area contributed by atoms with Gasteiger partial charge in [0.15, 0.2) is 5.82 Å². The van der Waals surface area contributed by atoms with Gasteiger partial charge in [-0.3, -0.25) is 0 Å². The Morgan fingerprint density at radius 3 is 2.43 bits per heavy atom. The van der Waals surface area contributed by atoms with Crippen molar-refractivity contribution in [2.75, 3.05) is 24.2 Å². The first kappa shape index (κ1) is 15.6. The number of aromatic nitrogens is 3. The molecule has 0 radical (unpaired) electrons. The quantitative estimate of drug-likeness (QED) is 0.608. The standard InChI is InChI=1S/C15H21N5S/c1-5-19(6-2)14-9-7-13(8-10-14)11-16-20-12(3)17-18-15(20)21-4/h7-11H,5-6H2,1-4H3/b16-11-. The molecule has 0 aliphatic rings. The van der Waals surface area contributed by atoms with Gasteiger partial charge in [-0.2, -0.15) is 9.78 Å². The second-order valence-electron chi connectivity index (χ2n) is 4.55. The lowest BCUT2D eigenvalue weighted by Crippen LogP contribution is -2.21. The third kappa shape index (κ3) is 3.64. The fraction of sp³-hybridized carbons (Fsp3) is 0.400. The molecule has 112 valence electrons. The van der Waals surface area contributed by atoms with Gasteiger partial charge in [0.05, 0.1) is 6.21 Å². The summed E-state index contributed by atoms with van der Waals surface area (Å²) in [5.74, 6) is 0.787. The molecule has 5 nitrogen and oxygen atoms in total. The van der Waals surface area contributed by atoms with Crippen LogP contribution in [0, 0.1) is 6.92 Å². The Labute approximate surface area is 130 Å². The molecule has 0 amide bonds. The summed E-state index contributed by atoms with van der Waals surface area (Å²) in [5.41, 5.74) is 2.30. The smallest absolute Gasteiger partial charge is 0.211 e. The molecule has 0 saturated heterocycles. The van der Waals surface area contributed by atoms with E-state index in [2.05, 4.69) is 58.3 Å². The van der Waals surface area contributed by atoms with Gasteiger partial charge in [0.2, 0.25) is 5.16 Å². The summed E-state index contributed by atoms with van der Waals surface area (Å²) in [6.07, 6.45) is 3.80. The summed E-state index contributed by atoms with van der Waals surface area (Å²) in [4.78, 5) is 2.32. The molecule has 0 aliphatic carbocycles. The van der Waals surface area contributed by atoms with Crippen molar-refractivity contribution in [3.05, 3.63) is 35.7 Å². The average Bonchev–Trinajstić information content (AvgIpc) is 2.88. The van der Waals surface area contributed by atoms with Gasteiger partial charge < -0.3 is 4.90 Å². The molecule has 0 saturated carbocycles. The van der Waals surface area contributed by atoms with Crippen LogP contribution >= 0.6 is 11.8 Å². The maximum Gasteiger partial charge on any atom is 0.211 e. The summed E-state index contributed by atoms with van der Waals surface area (Å²) < 4.78 is 1.75. The minimum Gasteiger partial charge on any atom is -0.372 e. The van der Waals surface area contributed by atoms with Gasteiger partial charge in [-0.25, -0.2) is 0 Å². The fourth-order valence-corrected chi connectivity index (χ4v) is 2.56. The van der Waals surface area contributed by atoms with Gasteiger partial charge in [-0.05, 0) is 44.7 Å². The van der Waals surface area contributed by atoms with E-state index in [1.54, 1.807) is 4.68 Å². The lowest BCUT2D eigenvalue weighted by atomic mass is 10.2. The van der Waals surface area contributed by atoms with Crippen molar-refractivity contribution in [2.24, 2.45) is 5.10 Å². The zero-order valence-corrected chi connectivity index (χ0v) is 13.8. The number of rotatable bonds is 6. The van der Waals surface area contributed by atoms with Crippen molar-refractivity contribution in [3.8, 4) is 0 Å². The van der Waals surface area contributed by atoms with E-state index in [9.17, 15) is 0 Å². The molecule has 0 fully saturated rings. The van der Waals surface area contributed by atoms with Gasteiger partial charge in [-0.1, -0.05) is 23.9 Å². The molecule has 1 aromatic carbocycles. The molecule has 6 heteroatoms.